The van der Waals surface area contributed by atoms with E-state index in [0.29, 0.717) is 24.1 Å². The van der Waals surface area contributed by atoms with E-state index in [2.05, 4.69) is 10.1 Å². The van der Waals surface area contributed by atoms with Crippen molar-refractivity contribution in [3.05, 3.63) is 11.7 Å². The van der Waals surface area contributed by atoms with Gasteiger partial charge in [-0.2, -0.15) is 4.98 Å². The van der Waals surface area contributed by atoms with E-state index in [-0.39, 0.29) is 18.0 Å². The molecule has 1 aliphatic carbocycles. The normalized spacial score (nSPS) is 30.1. The zero-order valence-electron chi connectivity index (χ0n) is 11.9. The molecule has 2 aliphatic rings. The molecule has 0 spiro atoms. The van der Waals surface area contributed by atoms with Gasteiger partial charge in [-0.25, -0.2) is 0 Å². The standard InChI is InChI=1S/C14H22N4O2/c1-9-16-14(17-20-9)12-6-3-7-18(12)13(19)8-10-4-2-5-11(10)15/h10-12H,2-8,15H2,1H3/t10-,11+,12?/m0/s1. The molecule has 1 unspecified atom stereocenters. The summed E-state index contributed by atoms with van der Waals surface area (Å²) in [6, 6.07) is 0.171. The summed E-state index contributed by atoms with van der Waals surface area (Å²) in [5.74, 6) is 1.73. The summed E-state index contributed by atoms with van der Waals surface area (Å²) < 4.78 is 5.04. The van der Waals surface area contributed by atoms with Gasteiger partial charge in [0.05, 0.1) is 6.04 Å². The van der Waals surface area contributed by atoms with Gasteiger partial charge in [0.1, 0.15) is 0 Å². The van der Waals surface area contributed by atoms with Crippen LogP contribution in [0.25, 0.3) is 0 Å². The molecule has 3 rings (SSSR count). The zero-order chi connectivity index (χ0) is 14.1. The van der Waals surface area contributed by atoms with Gasteiger partial charge in [-0.1, -0.05) is 11.6 Å². The smallest absolute Gasteiger partial charge is 0.223 e. The molecule has 1 saturated heterocycles. The molecule has 2 heterocycles. The van der Waals surface area contributed by atoms with Crippen molar-refractivity contribution >= 4 is 5.91 Å². The number of aromatic nitrogens is 2. The van der Waals surface area contributed by atoms with Crippen molar-refractivity contribution < 1.29 is 9.32 Å². The van der Waals surface area contributed by atoms with Crippen LogP contribution in [0.1, 0.15) is 56.3 Å². The number of aryl methyl sites for hydroxylation is 1. The van der Waals surface area contributed by atoms with Gasteiger partial charge in [0.25, 0.3) is 0 Å². The van der Waals surface area contributed by atoms with Crippen LogP contribution in [-0.4, -0.2) is 33.5 Å². The number of carbonyl (C=O) groups is 1. The van der Waals surface area contributed by atoms with Crippen LogP contribution in [0, 0.1) is 12.8 Å². The maximum Gasteiger partial charge on any atom is 0.223 e. The van der Waals surface area contributed by atoms with E-state index in [1.54, 1.807) is 6.92 Å². The Morgan fingerprint density at radius 2 is 2.25 bits per heavy atom. The first-order valence-electron chi connectivity index (χ1n) is 7.50. The number of carbonyl (C=O) groups excluding carboxylic acids is 1. The van der Waals surface area contributed by atoms with Gasteiger partial charge in [-0.15, -0.1) is 0 Å². The van der Waals surface area contributed by atoms with Gasteiger partial charge in [0.2, 0.25) is 11.8 Å². The molecule has 6 heteroatoms. The fourth-order valence-corrected chi connectivity index (χ4v) is 3.44. The Labute approximate surface area is 118 Å². The van der Waals surface area contributed by atoms with Crippen LogP contribution < -0.4 is 5.73 Å². The highest BCUT2D eigenvalue weighted by atomic mass is 16.5. The van der Waals surface area contributed by atoms with Crippen LogP contribution >= 0.6 is 0 Å². The van der Waals surface area contributed by atoms with Gasteiger partial charge in [-0.3, -0.25) is 4.79 Å². The largest absolute Gasteiger partial charge is 0.340 e. The Hall–Kier alpha value is -1.43. The first kappa shape index (κ1) is 13.5. The number of likely N-dealkylation sites (tertiary alicyclic amines) is 1. The fourth-order valence-electron chi connectivity index (χ4n) is 3.44. The molecular weight excluding hydrogens is 256 g/mol. The number of nitrogens with two attached hydrogens (primary N) is 1. The second kappa shape index (κ2) is 5.52. The van der Waals surface area contributed by atoms with Crippen molar-refractivity contribution in [2.24, 2.45) is 11.7 Å². The van der Waals surface area contributed by atoms with Crippen molar-refractivity contribution in [2.45, 2.75) is 57.5 Å². The Kier molecular flexibility index (Phi) is 3.74. The van der Waals surface area contributed by atoms with E-state index in [9.17, 15) is 4.79 Å². The monoisotopic (exact) mass is 278 g/mol. The number of hydrogen-bond acceptors (Lipinski definition) is 5. The van der Waals surface area contributed by atoms with Crippen molar-refractivity contribution in [2.75, 3.05) is 6.54 Å². The van der Waals surface area contributed by atoms with E-state index in [1.165, 1.54) is 0 Å². The van der Waals surface area contributed by atoms with Gasteiger partial charge in [0, 0.05) is 25.9 Å². The molecule has 1 aromatic rings. The summed E-state index contributed by atoms with van der Waals surface area (Å²) in [5, 5.41) is 3.97. The lowest BCUT2D eigenvalue weighted by molar-refractivity contribution is -0.133. The van der Waals surface area contributed by atoms with Crippen LogP contribution in [-0.2, 0) is 4.79 Å². The lowest BCUT2D eigenvalue weighted by atomic mass is 9.99. The third-order valence-electron chi connectivity index (χ3n) is 4.57. The highest BCUT2D eigenvalue weighted by molar-refractivity contribution is 5.77. The molecular formula is C14H22N4O2. The second-order valence-electron chi connectivity index (χ2n) is 5.98. The van der Waals surface area contributed by atoms with E-state index in [0.717, 1.165) is 38.6 Å². The maximum absolute atomic E-state index is 12.5. The minimum Gasteiger partial charge on any atom is -0.340 e. The van der Waals surface area contributed by atoms with Gasteiger partial charge >= 0.3 is 0 Å². The van der Waals surface area contributed by atoms with Gasteiger partial charge in [0.15, 0.2) is 5.82 Å². The van der Waals surface area contributed by atoms with Gasteiger partial charge < -0.3 is 15.2 Å². The predicted molar refractivity (Wildman–Crippen MR) is 72.7 cm³/mol. The number of nitrogens with zero attached hydrogens (tertiary/aromatic N) is 3. The van der Waals surface area contributed by atoms with Crippen molar-refractivity contribution in [3.8, 4) is 0 Å². The molecule has 2 fully saturated rings. The molecule has 20 heavy (non-hydrogen) atoms. The van der Waals surface area contributed by atoms with E-state index in [1.807, 2.05) is 4.90 Å². The molecule has 3 atom stereocenters. The molecule has 0 bridgehead atoms. The highest BCUT2D eigenvalue weighted by Gasteiger charge is 2.35. The minimum absolute atomic E-state index is 0.0161. The average molecular weight is 278 g/mol. The Morgan fingerprint density at radius 1 is 1.40 bits per heavy atom. The number of hydrogen-bond donors (Lipinski definition) is 1. The first-order chi connectivity index (χ1) is 9.65. The number of rotatable bonds is 3. The summed E-state index contributed by atoms with van der Waals surface area (Å²) >= 11 is 0. The van der Waals surface area contributed by atoms with Crippen molar-refractivity contribution in [1.82, 2.24) is 15.0 Å². The average Bonchev–Trinajstić information content (AvgIpc) is 3.11. The molecule has 6 nitrogen and oxygen atoms in total. The number of amides is 1. The Balaban J connectivity index is 1.67. The summed E-state index contributed by atoms with van der Waals surface area (Å²) in [4.78, 5) is 18.7. The molecule has 1 saturated carbocycles. The second-order valence-corrected chi connectivity index (χ2v) is 5.98. The molecule has 1 aromatic heterocycles. The SMILES string of the molecule is Cc1nc(C2CCCN2C(=O)C[C@@H]2CCC[C@H]2N)no1. The summed E-state index contributed by atoms with van der Waals surface area (Å²) in [6.07, 6.45) is 5.75. The van der Waals surface area contributed by atoms with E-state index >= 15 is 0 Å². The summed E-state index contributed by atoms with van der Waals surface area (Å²) in [5.41, 5.74) is 6.06. The molecule has 110 valence electrons. The van der Waals surface area contributed by atoms with E-state index < -0.39 is 0 Å². The third-order valence-corrected chi connectivity index (χ3v) is 4.57. The molecule has 0 radical (unpaired) electrons. The van der Waals surface area contributed by atoms with Crippen LogP contribution in [0.3, 0.4) is 0 Å². The first-order valence-corrected chi connectivity index (χ1v) is 7.50. The topological polar surface area (TPSA) is 85.2 Å². The highest BCUT2D eigenvalue weighted by Crippen LogP contribution is 2.33. The Bertz CT molecular complexity index is 487. The minimum atomic E-state index is -0.0161. The lowest BCUT2D eigenvalue weighted by Gasteiger charge is -2.24. The lowest BCUT2D eigenvalue weighted by Crippen LogP contribution is -2.35. The van der Waals surface area contributed by atoms with Crippen LogP contribution in [0.2, 0.25) is 0 Å². The van der Waals surface area contributed by atoms with Crippen LogP contribution in [0.15, 0.2) is 4.52 Å². The van der Waals surface area contributed by atoms with E-state index in [4.69, 9.17) is 10.3 Å². The Morgan fingerprint density at radius 3 is 2.90 bits per heavy atom. The van der Waals surface area contributed by atoms with Crippen LogP contribution in [0.4, 0.5) is 0 Å². The molecule has 1 aliphatic heterocycles. The molecule has 1 amide bonds. The summed E-state index contributed by atoms with van der Waals surface area (Å²) in [7, 11) is 0. The fraction of sp³-hybridized carbons (Fsp3) is 0.786. The third kappa shape index (κ3) is 2.57. The van der Waals surface area contributed by atoms with Crippen molar-refractivity contribution in [1.29, 1.82) is 0 Å². The molecule has 0 aromatic carbocycles. The maximum atomic E-state index is 12.5. The van der Waals surface area contributed by atoms with Crippen LogP contribution in [0.5, 0.6) is 0 Å². The zero-order valence-corrected chi connectivity index (χ0v) is 11.9. The molecule has 2 N–H and O–H groups in total. The summed E-state index contributed by atoms with van der Waals surface area (Å²) in [6.45, 7) is 2.56. The predicted octanol–water partition coefficient (Wildman–Crippen LogP) is 1.56. The quantitative estimate of drug-likeness (QED) is 0.906. The van der Waals surface area contributed by atoms with Crippen molar-refractivity contribution in [3.63, 3.8) is 0 Å². The van der Waals surface area contributed by atoms with Gasteiger partial charge in [-0.05, 0) is 31.6 Å².